The molecule has 2 aliphatic rings. The summed E-state index contributed by atoms with van der Waals surface area (Å²) in [5, 5.41) is 11.6. The molecule has 2 saturated heterocycles. The number of amides is 2. The second-order valence-electron chi connectivity index (χ2n) is 6.53. The topological polar surface area (TPSA) is 101 Å². The number of hydrogen-bond acceptors (Lipinski definition) is 5. The van der Waals surface area contributed by atoms with Gasteiger partial charge < -0.3 is 15.2 Å². The van der Waals surface area contributed by atoms with E-state index in [1.165, 1.54) is 14.2 Å². The van der Waals surface area contributed by atoms with Gasteiger partial charge in [-0.3, -0.25) is 14.5 Å². The van der Waals surface area contributed by atoms with E-state index in [4.69, 9.17) is 4.74 Å². The maximum Gasteiger partial charge on any atom is 0.371 e. The number of imide groups is 1. The highest BCUT2D eigenvalue weighted by Crippen LogP contribution is 2.43. The number of rotatable bonds is 3. The number of hydrogen-bond donors (Lipinski definition) is 2. The quantitative estimate of drug-likeness (QED) is 0.532. The molecule has 2 heterocycles. The third-order valence-electron chi connectivity index (χ3n) is 5.28. The number of aliphatic hydroxyl groups excluding tert-OH is 1. The van der Waals surface area contributed by atoms with Crippen molar-refractivity contribution in [1.82, 2.24) is 4.90 Å². The number of esters is 1. The maximum absolute atomic E-state index is 12.6. The van der Waals surface area contributed by atoms with Crippen LogP contribution in [0.5, 0.6) is 0 Å². The van der Waals surface area contributed by atoms with Crippen molar-refractivity contribution < 1.29 is 29.5 Å². The lowest BCUT2D eigenvalue weighted by atomic mass is 9.79. The number of nitrogens with zero attached hydrogens (tertiary/aromatic N) is 1. The van der Waals surface area contributed by atoms with Gasteiger partial charge in [0.1, 0.15) is 24.5 Å². The van der Waals surface area contributed by atoms with Gasteiger partial charge in [0.25, 0.3) is 0 Å². The van der Waals surface area contributed by atoms with E-state index in [9.17, 15) is 19.5 Å². The molecule has 0 aliphatic carbocycles. The number of likely N-dealkylation sites (tertiary alicyclic amines) is 1. The van der Waals surface area contributed by atoms with Crippen LogP contribution >= 0.6 is 0 Å². The minimum absolute atomic E-state index is 0.328. The van der Waals surface area contributed by atoms with Gasteiger partial charge in [-0.1, -0.05) is 29.8 Å². The molecule has 0 spiro atoms. The normalized spacial score (nSPS) is 32.2. The number of ether oxygens (including phenoxy) is 1. The van der Waals surface area contributed by atoms with Crippen LogP contribution in [0.15, 0.2) is 24.3 Å². The summed E-state index contributed by atoms with van der Waals surface area (Å²) in [5.41, 5.74) is 0.416. The highest BCUT2D eigenvalue weighted by Gasteiger charge is 2.72. The molecule has 7 heteroatoms. The number of aryl methyl sites for hydroxylation is 1. The molecular weight excluding hydrogens is 312 g/mol. The van der Waals surface area contributed by atoms with Gasteiger partial charge in [-0.25, -0.2) is 4.79 Å². The highest BCUT2D eigenvalue weighted by molar-refractivity contribution is 6.08. The van der Waals surface area contributed by atoms with Crippen LogP contribution in [-0.2, 0) is 19.1 Å². The molecule has 0 saturated carbocycles. The summed E-state index contributed by atoms with van der Waals surface area (Å²) in [6, 6.07) is 7.17. The fourth-order valence-corrected chi connectivity index (χ4v) is 3.96. The van der Waals surface area contributed by atoms with Crippen LogP contribution in [0, 0.1) is 18.8 Å². The van der Waals surface area contributed by atoms with Crippen molar-refractivity contribution in [1.29, 1.82) is 0 Å². The van der Waals surface area contributed by atoms with Gasteiger partial charge in [0, 0.05) is 12.6 Å². The molecule has 7 nitrogen and oxygen atoms in total. The lowest BCUT2D eigenvalue weighted by Gasteiger charge is -2.26. The highest BCUT2D eigenvalue weighted by atomic mass is 16.5. The van der Waals surface area contributed by atoms with Crippen molar-refractivity contribution in [2.24, 2.45) is 11.8 Å². The van der Waals surface area contributed by atoms with E-state index in [1.807, 2.05) is 31.2 Å². The zero-order valence-corrected chi connectivity index (χ0v) is 13.9. The predicted molar refractivity (Wildman–Crippen MR) is 82.4 cm³/mol. The fraction of sp³-hybridized carbons (Fsp3) is 0.471. The largest absolute Gasteiger partial charge is 0.464 e. The number of quaternary nitrogens is 1. The number of methoxy groups -OCH3 is 1. The van der Waals surface area contributed by atoms with Crippen LogP contribution in [-0.4, -0.2) is 54.1 Å². The van der Waals surface area contributed by atoms with Crippen molar-refractivity contribution >= 4 is 17.8 Å². The Bertz CT molecular complexity index is 701. The van der Waals surface area contributed by atoms with E-state index in [-0.39, 0.29) is 5.91 Å². The lowest BCUT2D eigenvalue weighted by molar-refractivity contribution is -0.735. The first-order valence-electron chi connectivity index (χ1n) is 7.80. The smallest absolute Gasteiger partial charge is 0.371 e. The summed E-state index contributed by atoms with van der Waals surface area (Å²) < 4.78 is 4.85. The molecule has 4 atom stereocenters. The summed E-state index contributed by atoms with van der Waals surface area (Å²) >= 11 is 0. The molecule has 2 aliphatic heterocycles. The SMILES string of the molecule is COC(=O)[C@@]1(CO)[NH2+][C@@H](c2ccc(C)cc2)[C@@H]2C(=O)N(C)C(=O)[C@H]21. The van der Waals surface area contributed by atoms with Gasteiger partial charge in [-0.05, 0) is 6.92 Å². The van der Waals surface area contributed by atoms with E-state index < -0.39 is 41.9 Å². The molecule has 0 bridgehead atoms. The summed E-state index contributed by atoms with van der Waals surface area (Å²) in [6.45, 7) is 1.38. The van der Waals surface area contributed by atoms with Gasteiger partial charge in [0.2, 0.25) is 17.4 Å². The monoisotopic (exact) mass is 333 g/mol. The van der Waals surface area contributed by atoms with Gasteiger partial charge >= 0.3 is 5.97 Å². The standard InChI is InChI=1S/C17H20N2O5/c1-9-4-6-10(7-5-9)13-11-12(15(22)19(2)14(11)21)17(8-20,18-13)16(23)24-3/h4-7,11-13,18,20H,8H2,1-3H3/p+1/t11-,12+,13+,17+/m1/s1. The number of carbonyl (C=O) groups is 3. The van der Waals surface area contributed by atoms with Crippen molar-refractivity contribution in [2.75, 3.05) is 20.8 Å². The Kier molecular flexibility index (Phi) is 3.93. The minimum atomic E-state index is -1.49. The first-order chi connectivity index (χ1) is 11.4. The first kappa shape index (κ1) is 16.6. The molecule has 0 radical (unpaired) electrons. The Balaban J connectivity index is 2.12. The zero-order chi connectivity index (χ0) is 17.6. The molecule has 3 N–H and O–H groups in total. The molecule has 3 rings (SSSR count). The lowest BCUT2D eigenvalue weighted by Crippen LogP contribution is -2.99. The molecule has 2 fully saturated rings. The minimum Gasteiger partial charge on any atom is -0.464 e. The Morgan fingerprint density at radius 1 is 1.29 bits per heavy atom. The number of nitrogens with two attached hydrogens (primary N) is 1. The summed E-state index contributed by atoms with van der Waals surface area (Å²) in [4.78, 5) is 38.7. The van der Waals surface area contributed by atoms with Crippen molar-refractivity contribution in [2.45, 2.75) is 18.5 Å². The Morgan fingerprint density at radius 2 is 1.92 bits per heavy atom. The van der Waals surface area contributed by atoms with Gasteiger partial charge in [0.15, 0.2) is 0 Å². The molecule has 1 aromatic carbocycles. The summed E-state index contributed by atoms with van der Waals surface area (Å²) in [7, 11) is 2.63. The number of benzene rings is 1. The van der Waals surface area contributed by atoms with Crippen LogP contribution in [0.4, 0.5) is 0 Å². The molecule has 1 aromatic rings. The van der Waals surface area contributed by atoms with E-state index in [0.29, 0.717) is 0 Å². The number of aliphatic hydroxyl groups is 1. The van der Waals surface area contributed by atoms with E-state index >= 15 is 0 Å². The average molecular weight is 333 g/mol. The molecular formula is C17H21N2O5+. The second-order valence-corrected chi connectivity index (χ2v) is 6.53. The van der Waals surface area contributed by atoms with Crippen molar-refractivity contribution in [3.8, 4) is 0 Å². The number of carbonyl (C=O) groups excluding carboxylic acids is 3. The van der Waals surface area contributed by atoms with Gasteiger partial charge in [-0.2, -0.15) is 0 Å². The van der Waals surface area contributed by atoms with Crippen molar-refractivity contribution in [3.63, 3.8) is 0 Å². The molecule has 0 aromatic heterocycles. The molecule has 2 amide bonds. The summed E-state index contributed by atoms with van der Waals surface area (Å²) in [5.74, 6) is -3.09. The van der Waals surface area contributed by atoms with E-state index in [0.717, 1.165) is 16.0 Å². The maximum atomic E-state index is 12.6. The second kappa shape index (κ2) is 5.68. The Morgan fingerprint density at radius 3 is 2.46 bits per heavy atom. The third-order valence-corrected chi connectivity index (χ3v) is 5.28. The number of fused-ring (bicyclic) bond motifs is 1. The van der Waals surface area contributed by atoms with Crippen LogP contribution < -0.4 is 5.32 Å². The molecule has 0 unspecified atom stereocenters. The molecule has 24 heavy (non-hydrogen) atoms. The van der Waals surface area contributed by atoms with Crippen LogP contribution in [0.1, 0.15) is 17.2 Å². The van der Waals surface area contributed by atoms with E-state index in [2.05, 4.69) is 0 Å². The van der Waals surface area contributed by atoms with Crippen LogP contribution in [0.25, 0.3) is 0 Å². The van der Waals surface area contributed by atoms with Gasteiger partial charge in [-0.15, -0.1) is 0 Å². The van der Waals surface area contributed by atoms with Crippen molar-refractivity contribution in [3.05, 3.63) is 35.4 Å². The Hall–Kier alpha value is -2.25. The third kappa shape index (κ3) is 2.08. The fourth-order valence-electron chi connectivity index (χ4n) is 3.96. The van der Waals surface area contributed by atoms with Crippen LogP contribution in [0.3, 0.4) is 0 Å². The van der Waals surface area contributed by atoms with Crippen LogP contribution in [0.2, 0.25) is 0 Å². The van der Waals surface area contributed by atoms with Gasteiger partial charge in [0.05, 0.1) is 7.11 Å². The van der Waals surface area contributed by atoms with E-state index in [1.54, 1.807) is 5.32 Å². The zero-order valence-electron chi connectivity index (χ0n) is 13.9. The Labute approximate surface area is 139 Å². The first-order valence-corrected chi connectivity index (χ1v) is 7.80. The predicted octanol–water partition coefficient (Wildman–Crippen LogP) is -1.25. The summed E-state index contributed by atoms with van der Waals surface area (Å²) in [6.07, 6.45) is 0. The average Bonchev–Trinajstić information content (AvgIpc) is 3.05. The molecule has 128 valence electrons.